The van der Waals surface area contributed by atoms with E-state index < -0.39 is 0 Å². The Balaban J connectivity index is 2.25. The number of hydrogen-bond donors (Lipinski definition) is 1. The van der Waals surface area contributed by atoms with Gasteiger partial charge in [0.15, 0.2) is 0 Å². The summed E-state index contributed by atoms with van der Waals surface area (Å²) >= 11 is 0. The Morgan fingerprint density at radius 2 is 2.17 bits per heavy atom. The van der Waals surface area contributed by atoms with E-state index in [0.29, 0.717) is 12.5 Å². The molecule has 3 nitrogen and oxygen atoms in total. The number of hydrogen-bond acceptors (Lipinski definition) is 3. The third-order valence-corrected chi connectivity index (χ3v) is 3.95. The first-order valence-corrected chi connectivity index (χ1v) is 7.52. The van der Waals surface area contributed by atoms with Gasteiger partial charge in [-0.2, -0.15) is 0 Å². The first-order chi connectivity index (χ1) is 8.67. The van der Waals surface area contributed by atoms with Gasteiger partial charge in [0.25, 0.3) is 0 Å². The molecular formula is C15H28O3. The van der Waals surface area contributed by atoms with Crippen LogP contribution in [-0.4, -0.2) is 23.8 Å². The van der Waals surface area contributed by atoms with Crippen LogP contribution in [0, 0.1) is 11.8 Å². The van der Waals surface area contributed by atoms with Gasteiger partial charge in [0.1, 0.15) is 0 Å². The maximum Gasteiger partial charge on any atom is 0.308 e. The van der Waals surface area contributed by atoms with Crippen molar-refractivity contribution in [3.63, 3.8) is 0 Å². The van der Waals surface area contributed by atoms with Crippen LogP contribution in [0.1, 0.15) is 65.2 Å². The number of aliphatic hydroxyl groups is 1. The van der Waals surface area contributed by atoms with E-state index in [2.05, 4.69) is 6.92 Å². The van der Waals surface area contributed by atoms with E-state index in [1.54, 1.807) is 0 Å². The van der Waals surface area contributed by atoms with E-state index in [4.69, 9.17) is 4.74 Å². The predicted octanol–water partition coefficient (Wildman–Crippen LogP) is 3.30. The number of esters is 1. The highest BCUT2D eigenvalue weighted by atomic mass is 16.5. The van der Waals surface area contributed by atoms with Gasteiger partial charge < -0.3 is 9.84 Å². The molecule has 0 bridgehead atoms. The Kier molecular flexibility index (Phi) is 7.33. The number of carbonyl (C=O) groups excluding carboxylic acids is 1. The molecule has 0 heterocycles. The topological polar surface area (TPSA) is 46.5 Å². The SMILES string of the molecule is CCCCC(CC)C(=O)OCC1CCCC(O)C1. The Labute approximate surface area is 111 Å². The Morgan fingerprint density at radius 1 is 1.39 bits per heavy atom. The average Bonchev–Trinajstić information content (AvgIpc) is 2.37. The van der Waals surface area contributed by atoms with Gasteiger partial charge in [-0.1, -0.05) is 33.1 Å². The van der Waals surface area contributed by atoms with Crippen molar-refractivity contribution in [3.05, 3.63) is 0 Å². The van der Waals surface area contributed by atoms with Crippen LogP contribution in [0.4, 0.5) is 0 Å². The molecule has 1 aliphatic carbocycles. The maximum atomic E-state index is 11.9. The van der Waals surface area contributed by atoms with Crippen molar-refractivity contribution in [1.82, 2.24) is 0 Å². The van der Waals surface area contributed by atoms with E-state index in [9.17, 15) is 9.90 Å². The van der Waals surface area contributed by atoms with E-state index in [-0.39, 0.29) is 18.0 Å². The fourth-order valence-corrected chi connectivity index (χ4v) is 2.67. The molecular weight excluding hydrogens is 228 g/mol. The highest BCUT2D eigenvalue weighted by molar-refractivity contribution is 5.72. The van der Waals surface area contributed by atoms with Crippen LogP contribution in [0.25, 0.3) is 0 Å². The third kappa shape index (κ3) is 5.38. The van der Waals surface area contributed by atoms with Gasteiger partial charge in [0.05, 0.1) is 18.6 Å². The molecule has 3 atom stereocenters. The molecule has 0 spiro atoms. The smallest absolute Gasteiger partial charge is 0.308 e. The van der Waals surface area contributed by atoms with Gasteiger partial charge >= 0.3 is 5.97 Å². The molecule has 0 aromatic carbocycles. The minimum Gasteiger partial charge on any atom is -0.465 e. The van der Waals surface area contributed by atoms with Gasteiger partial charge in [-0.15, -0.1) is 0 Å². The maximum absolute atomic E-state index is 11.9. The molecule has 1 fully saturated rings. The Hall–Kier alpha value is -0.570. The highest BCUT2D eigenvalue weighted by Gasteiger charge is 2.23. The molecule has 1 aliphatic rings. The number of carbonyl (C=O) groups is 1. The van der Waals surface area contributed by atoms with Crippen LogP contribution in [0.5, 0.6) is 0 Å². The van der Waals surface area contributed by atoms with Crippen molar-refractivity contribution in [2.45, 2.75) is 71.3 Å². The monoisotopic (exact) mass is 256 g/mol. The second kappa shape index (κ2) is 8.52. The van der Waals surface area contributed by atoms with Crippen LogP contribution in [0.15, 0.2) is 0 Å². The molecule has 18 heavy (non-hydrogen) atoms. The molecule has 3 heteroatoms. The molecule has 0 radical (unpaired) electrons. The summed E-state index contributed by atoms with van der Waals surface area (Å²) in [6.07, 6.45) is 7.66. The molecule has 106 valence electrons. The molecule has 0 aliphatic heterocycles. The predicted molar refractivity (Wildman–Crippen MR) is 72.2 cm³/mol. The Morgan fingerprint density at radius 3 is 2.78 bits per heavy atom. The lowest BCUT2D eigenvalue weighted by atomic mass is 9.88. The molecule has 3 unspecified atom stereocenters. The van der Waals surface area contributed by atoms with Crippen molar-refractivity contribution in [1.29, 1.82) is 0 Å². The van der Waals surface area contributed by atoms with Crippen molar-refractivity contribution in [2.75, 3.05) is 6.61 Å². The quantitative estimate of drug-likeness (QED) is 0.711. The number of aliphatic hydroxyl groups excluding tert-OH is 1. The summed E-state index contributed by atoms with van der Waals surface area (Å²) in [7, 11) is 0. The van der Waals surface area contributed by atoms with Gasteiger partial charge in [-0.05, 0) is 38.0 Å². The Bertz CT molecular complexity index is 240. The molecule has 0 amide bonds. The summed E-state index contributed by atoms with van der Waals surface area (Å²) in [6.45, 7) is 4.69. The zero-order valence-electron chi connectivity index (χ0n) is 11.9. The minimum absolute atomic E-state index is 0.0361. The molecule has 0 saturated heterocycles. The summed E-state index contributed by atoms with van der Waals surface area (Å²) in [4.78, 5) is 11.9. The summed E-state index contributed by atoms with van der Waals surface area (Å²) < 4.78 is 5.43. The summed E-state index contributed by atoms with van der Waals surface area (Å²) in [6, 6.07) is 0. The largest absolute Gasteiger partial charge is 0.465 e. The third-order valence-electron chi connectivity index (χ3n) is 3.95. The van der Waals surface area contributed by atoms with E-state index >= 15 is 0 Å². The second-order valence-corrected chi connectivity index (χ2v) is 5.56. The lowest BCUT2D eigenvalue weighted by Gasteiger charge is -2.26. The molecule has 0 aromatic rings. The lowest BCUT2D eigenvalue weighted by molar-refractivity contribution is -0.151. The zero-order valence-corrected chi connectivity index (χ0v) is 11.9. The summed E-state index contributed by atoms with van der Waals surface area (Å²) in [5.41, 5.74) is 0. The molecule has 0 aromatic heterocycles. The van der Waals surface area contributed by atoms with Crippen molar-refractivity contribution >= 4 is 5.97 Å². The number of unbranched alkanes of at least 4 members (excludes halogenated alkanes) is 1. The average molecular weight is 256 g/mol. The zero-order chi connectivity index (χ0) is 13.4. The summed E-state index contributed by atoms with van der Waals surface area (Å²) in [5, 5.41) is 9.58. The van der Waals surface area contributed by atoms with Crippen molar-refractivity contribution < 1.29 is 14.6 Å². The summed E-state index contributed by atoms with van der Waals surface area (Å²) in [5.74, 6) is 0.394. The van der Waals surface area contributed by atoms with Crippen LogP contribution in [0.3, 0.4) is 0 Å². The minimum atomic E-state index is -0.190. The molecule has 1 saturated carbocycles. The first-order valence-electron chi connectivity index (χ1n) is 7.52. The fourth-order valence-electron chi connectivity index (χ4n) is 2.67. The van der Waals surface area contributed by atoms with Gasteiger partial charge in [0.2, 0.25) is 0 Å². The van der Waals surface area contributed by atoms with E-state index in [0.717, 1.165) is 51.4 Å². The molecule has 1 rings (SSSR count). The van der Waals surface area contributed by atoms with Gasteiger partial charge in [-0.25, -0.2) is 0 Å². The standard InChI is InChI=1S/C15H28O3/c1-3-5-8-13(4-2)15(17)18-11-12-7-6-9-14(16)10-12/h12-14,16H,3-11H2,1-2H3. The number of ether oxygens (including phenoxy) is 1. The van der Waals surface area contributed by atoms with Crippen LogP contribution in [-0.2, 0) is 9.53 Å². The van der Waals surface area contributed by atoms with Gasteiger partial charge in [0, 0.05) is 0 Å². The normalized spacial score (nSPS) is 25.7. The first kappa shape index (κ1) is 15.5. The van der Waals surface area contributed by atoms with E-state index in [1.807, 2.05) is 6.92 Å². The second-order valence-electron chi connectivity index (χ2n) is 5.56. The van der Waals surface area contributed by atoms with Crippen LogP contribution >= 0.6 is 0 Å². The lowest BCUT2D eigenvalue weighted by Crippen LogP contribution is -2.26. The fraction of sp³-hybridized carbons (Fsp3) is 0.933. The highest BCUT2D eigenvalue weighted by Crippen LogP contribution is 2.25. The van der Waals surface area contributed by atoms with Crippen molar-refractivity contribution in [3.8, 4) is 0 Å². The molecule has 1 N–H and O–H groups in total. The van der Waals surface area contributed by atoms with E-state index in [1.165, 1.54) is 0 Å². The van der Waals surface area contributed by atoms with Gasteiger partial charge in [-0.3, -0.25) is 4.79 Å². The van der Waals surface area contributed by atoms with Crippen molar-refractivity contribution in [2.24, 2.45) is 11.8 Å². The van der Waals surface area contributed by atoms with Crippen LogP contribution in [0.2, 0.25) is 0 Å². The van der Waals surface area contributed by atoms with Crippen LogP contribution < -0.4 is 0 Å². The number of rotatable bonds is 7.